The summed E-state index contributed by atoms with van der Waals surface area (Å²) < 4.78 is 5.89. The van der Waals surface area contributed by atoms with Crippen LogP contribution in [0.4, 0.5) is 0 Å². The highest BCUT2D eigenvalue weighted by molar-refractivity contribution is 7.98. The van der Waals surface area contributed by atoms with Gasteiger partial charge in [-0.25, -0.2) is 0 Å². The van der Waals surface area contributed by atoms with E-state index in [0.717, 1.165) is 16.9 Å². The average Bonchev–Trinajstić information content (AvgIpc) is 3.18. The molecule has 25 heavy (non-hydrogen) atoms. The molecule has 122 valence electrons. The molecule has 0 bridgehead atoms. The fourth-order valence-electron chi connectivity index (χ4n) is 2.48. The van der Waals surface area contributed by atoms with Gasteiger partial charge in [-0.3, -0.25) is 4.98 Å². The minimum atomic E-state index is 0.503. The number of nitrogens with zero attached hydrogens (tertiary/aromatic N) is 3. The molecular formula is C20H15N3OS. The first-order chi connectivity index (χ1) is 12.4. The SMILES string of the molecule is c1ccc(SCc2ccccc2-c2nnc(-c3ccncc3)o2)cc1. The maximum Gasteiger partial charge on any atom is 0.248 e. The van der Waals surface area contributed by atoms with Crippen LogP contribution in [-0.4, -0.2) is 15.2 Å². The molecule has 2 aromatic carbocycles. The maximum atomic E-state index is 5.89. The van der Waals surface area contributed by atoms with E-state index in [2.05, 4.69) is 33.4 Å². The summed E-state index contributed by atoms with van der Waals surface area (Å²) in [7, 11) is 0. The lowest BCUT2D eigenvalue weighted by Gasteiger charge is -2.06. The first-order valence-electron chi connectivity index (χ1n) is 7.90. The molecule has 0 aliphatic carbocycles. The monoisotopic (exact) mass is 345 g/mol. The van der Waals surface area contributed by atoms with Crippen molar-refractivity contribution in [1.82, 2.24) is 15.2 Å². The van der Waals surface area contributed by atoms with E-state index in [1.807, 2.05) is 48.5 Å². The van der Waals surface area contributed by atoms with Gasteiger partial charge in [0.2, 0.25) is 11.8 Å². The molecule has 0 N–H and O–H groups in total. The normalized spacial score (nSPS) is 10.7. The molecule has 0 saturated carbocycles. The summed E-state index contributed by atoms with van der Waals surface area (Å²) in [4.78, 5) is 5.25. The smallest absolute Gasteiger partial charge is 0.248 e. The summed E-state index contributed by atoms with van der Waals surface area (Å²) in [6, 6.07) is 22.2. The van der Waals surface area contributed by atoms with E-state index in [9.17, 15) is 0 Å². The quantitative estimate of drug-likeness (QED) is 0.472. The predicted molar refractivity (Wildman–Crippen MR) is 99.0 cm³/mol. The van der Waals surface area contributed by atoms with Crippen LogP contribution in [0.3, 0.4) is 0 Å². The van der Waals surface area contributed by atoms with Crippen LogP contribution in [0.1, 0.15) is 5.56 Å². The zero-order valence-corrected chi connectivity index (χ0v) is 14.2. The van der Waals surface area contributed by atoms with E-state index < -0.39 is 0 Å². The van der Waals surface area contributed by atoms with Crippen molar-refractivity contribution < 1.29 is 4.42 Å². The van der Waals surface area contributed by atoms with Crippen LogP contribution in [0.15, 0.2) is 88.4 Å². The highest BCUT2D eigenvalue weighted by Crippen LogP contribution is 2.30. The number of benzene rings is 2. The van der Waals surface area contributed by atoms with Gasteiger partial charge in [-0.15, -0.1) is 22.0 Å². The molecule has 0 radical (unpaired) electrons. The Bertz CT molecular complexity index is 955. The average molecular weight is 345 g/mol. The van der Waals surface area contributed by atoms with Gasteiger partial charge in [0.25, 0.3) is 0 Å². The lowest BCUT2D eigenvalue weighted by molar-refractivity contribution is 0.584. The van der Waals surface area contributed by atoms with E-state index in [4.69, 9.17) is 4.42 Å². The molecule has 0 aliphatic rings. The Morgan fingerprint density at radius 1 is 0.760 bits per heavy atom. The second kappa shape index (κ2) is 7.32. The van der Waals surface area contributed by atoms with Crippen LogP contribution in [0.5, 0.6) is 0 Å². The Morgan fingerprint density at radius 2 is 1.48 bits per heavy atom. The second-order valence-electron chi connectivity index (χ2n) is 5.41. The third kappa shape index (κ3) is 3.61. The van der Waals surface area contributed by atoms with Crippen molar-refractivity contribution in [3.8, 4) is 22.9 Å². The molecule has 5 heteroatoms. The topological polar surface area (TPSA) is 51.8 Å². The summed E-state index contributed by atoms with van der Waals surface area (Å²) in [6.45, 7) is 0. The Morgan fingerprint density at radius 3 is 2.32 bits per heavy atom. The summed E-state index contributed by atoms with van der Waals surface area (Å²) in [5.74, 6) is 1.88. The van der Waals surface area contributed by atoms with E-state index in [1.54, 1.807) is 24.2 Å². The van der Waals surface area contributed by atoms with Crippen LogP contribution in [-0.2, 0) is 5.75 Å². The molecule has 0 unspecified atom stereocenters. The molecule has 0 fully saturated rings. The Balaban J connectivity index is 1.60. The van der Waals surface area contributed by atoms with Gasteiger partial charge in [0, 0.05) is 34.2 Å². The van der Waals surface area contributed by atoms with Gasteiger partial charge in [-0.05, 0) is 35.9 Å². The minimum absolute atomic E-state index is 0.503. The Hall–Kier alpha value is -2.92. The molecule has 4 nitrogen and oxygen atoms in total. The van der Waals surface area contributed by atoms with E-state index in [0.29, 0.717) is 11.8 Å². The number of pyridine rings is 1. The van der Waals surface area contributed by atoms with Crippen LogP contribution in [0.2, 0.25) is 0 Å². The van der Waals surface area contributed by atoms with Crippen molar-refractivity contribution >= 4 is 11.8 Å². The zero-order chi connectivity index (χ0) is 16.9. The first kappa shape index (κ1) is 15.6. The van der Waals surface area contributed by atoms with Crippen molar-refractivity contribution in [3.05, 3.63) is 84.7 Å². The van der Waals surface area contributed by atoms with Gasteiger partial charge in [-0.1, -0.05) is 36.4 Å². The van der Waals surface area contributed by atoms with Crippen molar-refractivity contribution in [1.29, 1.82) is 0 Å². The van der Waals surface area contributed by atoms with E-state index in [-0.39, 0.29) is 0 Å². The fourth-order valence-corrected chi connectivity index (χ4v) is 3.40. The summed E-state index contributed by atoms with van der Waals surface area (Å²) in [5, 5.41) is 8.40. The number of rotatable bonds is 5. The van der Waals surface area contributed by atoms with E-state index in [1.165, 1.54) is 10.5 Å². The predicted octanol–water partition coefficient (Wildman–Crippen LogP) is 5.09. The third-order valence-electron chi connectivity index (χ3n) is 3.74. The molecule has 2 aromatic heterocycles. The zero-order valence-electron chi connectivity index (χ0n) is 13.4. The number of aromatic nitrogens is 3. The van der Waals surface area contributed by atoms with Gasteiger partial charge in [0.15, 0.2) is 0 Å². The highest BCUT2D eigenvalue weighted by Gasteiger charge is 2.13. The summed E-state index contributed by atoms with van der Waals surface area (Å²) in [6.07, 6.45) is 3.42. The molecule has 4 rings (SSSR count). The van der Waals surface area contributed by atoms with Crippen LogP contribution >= 0.6 is 11.8 Å². The number of thioether (sulfide) groups is 1. The van der Waals surface area contributed by atoms with Gasteiger partial charge in [-0.2, -0.15) is 0 Å². The third-order valence-corrected chi connectivity index (χ3v) is 4.80. The maximum absolute atomic E-state index is 5.89. The van der Waals surface area contributed by atoms with Crippen molar-refractivity contribution in [3.63, 3.8) is 0 Å². The van der Waals surface area contributed by atoms with Gasteiger partial charge >= 0.3 is 0 Å². The second-order valence-corrected chi connectivity index (χ2v) is 6.46. The van der Waals surface area contributed by atoms with Gasteiger partial charge in [0.05, 0.1) is 0 Å². The van der Waals surface area contributed by atoms with Gasteiger partial charge in [0.1, 0.15) is 0 Å². The molecule has 0 amide bonds. The van der Waals surface area contributed by atoms with Gasteiger partial charge < -0.3 is 4.42 Å². The highest BCUT2D eigenvalue weighted by atomic mass is 32.2. The lowest BCUT2D eigenvalue weighted by Crippen LogP contribution is -1.88. The summed E-state index contributed by atoms with van der Waals surface area (Å²) in [5.41, 5.74) is 3.00. The molecule has 0 spiro atoms. The molecule has 0 aliphatic heterocycles. The number of hydrogen-bond donors (Lipinski definition) is 0. The van der Waals surface area contributed by atoms with Crippen LogP contribution in [0, 0.1) is 0 Å². The lowest BCUT2D eigenvalue weighted by atomic mass is 10.1. The molecular weight excluding hydrogens is 330 g/mol. The van der Waals surface area contributed by atoms with Crippen LogP contribution < -0.4 is 0 Å². The standard InChI is InChI=1S/C20H15N3OS/c1-2-7-17(8-3-1)25-14-16-6-4-5-9-18(16)20-23-22-19(24-20)15-10-12-21-13-11-15/h1-13H,14H2. The molecule has 4 aromatic rings. The Kier molecular flexibility index (Phi) is 4.57. The fraction of sp³-hybridized carbons (Fsp3) is 0.0500. The van der Waals surface area contributed by atoms with Crippen molar-refractivity contribution in [2.45, 2.75) is 10.6 Å². The largest absolute Gasteiger partial charge is 0.416 e. The Labute approximate surface area is 150 Å². The van der Waals surface area contributed by atoms with Crippen molar-refractivity contribution in [2.75, 3.05) is 0 Å². The minimum Gasteiger partial charge on any atom is -0.416 e. The van der Waals surface area contributed by atoms with Crippen LogP contribution in [0.25, 0.3) is 22.9 Å². The number of hydrogen-bond acceptors (Lipinski definition) is 5. The van der Waals surface area contributed by atoms with Crippen molar-refractivity contribution in [2.24, 2.45) is 0 Å². The first-order valence-corrected chi connectivity index (χ1v) is 8.89. The molecule has 0 atom stereocenters. The molecule has 0 saturated heterocycles. The summed E-state index contributed by atoms with van der Waals surface area (Å²) >= 11 is 1.79. The molecule has 2 heterocycles. The van der Waals surface area contributed by atoms with E-state index >= 15 is 0 Å².